The molecule has 0 aliphatic rings. The van der Waals surface area contributed by atoms with Crippen molar-refractivity contribution in [1.29, 1.82) is 0 Å². The van der Waals surface area contributed by atoms with Gasteiger partial charge in [-0.2, -0.15) is 0 Å². The molecule has 0 saturated carbocycles. The summed E-state index contributed by atoms with van der Waals surface area (Å²) in [4.78, 5) is 72.8. The van der Waals surface area contributed by atoms with Crippen LogP contribution in [0.2, 0.25) is 0 Å². The monoisotopic (exact) mass is 1380 g/mol. The molecule has 0 aromatic carbocycles. The molecule has 6 atom stereocenters. The zero-order valence-corrected chi connectivity index (χ0v) is 63.2. The molecule has 19 heteroatoms. The van der Waals surface area contributed by atoms with Gasteiger partial charge >= 0.3 is 39.5 Å². The van der Waals surface area contributed by atoms with Crippen LogP contribution in [0.4, 0.5) is 0 Å². The van der Waals surface area contributed by atoms with Gasteiger partial charge in [0.15, 0.2) is 12.2 Å². The Labute approximate surface area is 575 Å². The maximum atomic E-state index is 13.1. The van der Waals surface area contributed by atoms with Crippen LogP contribution in [0, 0.1) is 17.8 Å². The quantitative estimate of drug-likeness (QED) is 0.0222. The van der Waals surface area contributed by atoms with Gasteiger partial charge < -0.3 is 33.8 Å². The minimum atomic E-state index is -4.96. The average Bonchev–Trinajstić information content (AvgIpc) is 2.26. The molecule has 0 rings (SSSR count). The SMILES string of the molecule is CCCCCCCCCCCCCCCCCCC(=O)O[C@H](COC(=O)CCCCCCCCCCCCCCC(C)C)COP(=O)(O)OC[C@@H](O)COP(=O)(O)OC[C@@H](COC(=O)CCCCCCCCCCC(C)C)OC(=O)CCCCCCCCCCC(C)CC. The molecule has 94 heavy (non-hydrogen) atoms. The van der Waals surface area contributed by atoms with Crippen molar-refractivity contribution in [3.8, 4) is 0 Å². The Hall–Kier alpha value is -1.94. The van der Waals surface area contributed by atoms with E-state index in [9.17, 15) is 43.2 Å². The standard InChI is InChI=1S/C75H146O17P2/c1-8-10-11-12-13-14-15-16-17-18-19-24-27-37-44-51-58-74(79)91-70(62-85-72(77)56-49-42-35-26-23-21-20-22-25-32-39-46-53-66(3)4)64-89-93(81,82)87-60-69(76)61-88-94(83,84)90-65-71(63-86-73(78)57-50-43-36-30-28-33-40-47-54-67(5)6)92-75(80)59-52-45-38-31-29-34-41-48-55-68(7)9-2/h66-71,76H,8-65H2,1-7H3,(H,81,82)(H,83,84)/t68?,69-,70-,71-/m1/s1. The predicted molar refractivity (Wildman–Crippen MR) is 381 cm³/mol. The van der Waals surface area contributed by atoms with Gasteiger partial charge in [0.2, 0.25) is 0 Å². The Kier molecular flexibility index (Phi) is 64.3. The van der Waals surface area contributed by atoms with E-state index >= 15 is 0 Å². The second kappa shape index (κ2) is 65.7. The minimum Gasteiger partial charge on any atom is -0.462 e. The highest BCUT2D eigenvalue weighted by molar-refractivity contribution is 7.47. The molecule has 558 valence electrons. The number of phosphoric ester groups is 2. The summed E-state index contributed by atoms with van der Waals surface area (Å²) in [5.41, 5.74) is 0. The Morgan fingerprint density at radius 1 is 0.309 bits per heavy atom. The van der Waals surface area contributed by atoms with Crippen LogP contribution >= 0.6 is 15.6 Å². The van der Waals surface area contributed by atoms with Crippen molar-refractivity contribution in [1.82, 2.24) is 0 Å². The van der Waals surface area contributed by atoms with Gasteiger partial charge in [0.05, 0.1) is 26.4 Å². The summed E-state index contributed by atoms with van der Waals surface area (Å²) in [6.45, 7) is 11.9. The van der Waals surface area contributed by atoms with Crippen LogP contribution in [0.3, 0.4) is 0 Å². The molecule has 0 spiro atoms. The second-order valence-electron chi connectivity index (χ2n) is 28.2. The molecule has 0 aromatic rings. The number of rotatable bonds is 73. The van der Waals surface area contributed by atoms with E-state index in [0.29, 0.717) is 25.7 Å². The Morgan fingerprint density at radius 3 is 0.809 bits per heavy atom. The molecule has 0 aliphatic carbocycles. The lowest BCUT2D eigenvalue weighted by atomic mass is 9.99. The lowest BCUT2D eigenvalue weighted by Gasteiger charge is -2.21. The number of aliphatic hydroxyl groups excluding tert-OH is 1. The molecule has 0 aromatic heterocycles. The van der Waals surface area contributed by atoms with Gasteiger partial charge in [-0.15, -0.1) is 0 Å². The molecule has 0 amide bonds. The maximum Gasteiger partial charge on any atom is 0.472 e. The zero-order chi connectivity index (χ0) is 69.4. The van der Waals surface area contributed by atoms with Crippen LogP contribution in [0.5, 0.6) is 0 Å². The van der Waals surface area contributed by atoms with Crippen molar-refractivity contribution in [2.75, 3.05) is 39.6 Å². The maximum absolute atomic E-state index is 13.1. The van der Waals surface area contributed by atoms with Crippen molar-refractivity contribution >= 4 is 39.5 Å². The van der Waals surface area contributed by atoms with E-state index in [0.717, 1.165) is 108 Å². The van der Waals surface area contributed by atoms with E-state index in [-0.39, 0.29) is 25.7 Å². The Bertz CT molecular complexity index is 1840. The first kappa shape index (κ1) is 92.1. The number of phosphoric acid groups is 2. The summed E-state index contributed by atoms with van der Waals surface area (Å²) >= 11 is 0. The molecule has 0 fully saturated rings. The highest BCUT2D eigenvalue weighted by Gasteiger charge is 2.30. The summed E-state index contributed by atoms with van der Waals surface area (Å²) < 4.78 is 68.5. The number of aliphatic hydroxyl groups is 1. The first-order valence-corrected chi connectivity index (χ1v) is 41.9. The third-order valence-corrected chi connectivity index (χ3v) is 19.6. The van der Waals surface area contributed by atoms with Crippen LogP contribution in [-0.2, 0) is 65.4 Å². The lowest BCUT2D eigenvalue weighted by Crippen LogP contribution is -2.30. The first-order chi connectivity index (χ1) is 45.3. The van der Waals surface area contributed by atoms with Gasteiger partial charge in [-0.05, 0) is 43.4 Å². The highest BCUT2D eigenvalue weighted by atomic mass is 31.2. The lowest BCUT2D eigenvalue weighted by molar-refractivity contribution is -0.161. The number of carbonyl (C=O) groups is 4. The molecule has 0 aliphatic heterocycles. The van der Waals surface area contributed by atoms with Crippen molar-refractivity contribution in [3.63, 3.8) is 0 Å². The molecule has 3 unspecified atom stereocenters. The number of unbranched alkanes of at least 4 members (excludes halogenated alkanes) is 40. The number of hydrogen-bond acceptors (Lipinski definition) is 15. The van der Waals surface area contributed by atoms with Crippen LogP contribution in [0.1, 0.15) is 382 Å². The normalized spacial score (nSPS) is 14.4. The van der Waals surface area contributed by atoms with Crippen molar-refractivity contribution in [2.24, 2.45) is 17.8 Å². The number of hydrogen-bond donors (Lipinski definition) is 3. The van der Waals surface area contributed by atoms with Crippen molar-refractivity contribution in [2.45, 2.75) is 401 Å². The minimum absolute atomic E-state index is 0.104. The van der Waals surface area contributed by atoms with Gasteiger partial charge in [-0.25, -0.2) is 9.13 Å². The van der Waals surface area contributed by atoms with E-state index in [4.69, 9.17) is 37.0 Å². The first-order valence-electron chi connectivity index (χ1n) is 38.9. The summed E-state index contributed by atoms with van der Waals surface area (Å²) in [6, 6.07) is 0. The van der Waals surface area contributed by atoms with Gasteiger partial charge in [0.1, 0.15) is 19.3 Å². The smallest absolute Gasteiger partial charge is 0.462 e. The molecule has 0 heterocycles. The molecular weight excluding hydrogens is 1230 g/mol. The Balaban J connectivity index is 5.26. The molecule has 3 N–H and O–H groups in total. The van der Waals surface area contributed by atoms with Crippen LogP contribution in [0.15, 0.2) is 0 Å². The van der Waals surface area contributed by atoms with Crippen LogP contribution in [-0.4, -0.2) is 96.7 Å². The third kappa shape index (κ3) is 67.3. The van der Waals surface area contributed by atoms with E-state index in [1.807, 2.05) is 0 Å². The average molecular weight is 1380 g/mol. The van der Waals surface area contributed by atoms with Gasteiger partial charge in [-0.3, -0.25) is 37.3 Å². The molecule has 0 bridgehead atoms. The highest BCUT2D eigenvalue weighted by Crippen LogP contribution is 2.45. The Morgan fingerprint density at radius 2 is 0.543 bits per heavy atom. The molecular formula is C75H146O17P2. The number of carbonyl (C=O) groups excluding carboxylic acids is 4. The van der Waals surface area contributed by atoms with Crippen LogP contribution < -0.4 is 0 Å². The molecule has 0 saturated heterocycles. The fourth-order valence-electron chi connectivity index (χ4n) is 11.4. The predicted octanol–water partition coefficient (Wildman–Crippen LogP) is 21.8. The van der Waals surface area contributed by atoms with Gasteiger partial charge in [0, 0.05) is 25.7 Å². The fraction of sp³-hybridized carbons (Fsp3) is 0.947. The second-order valence-corrected chi connectivity index (χ2v) is 31.1. The number of esters is 4. The summed E-state index contributed by atoms with van der Waals surface area (Å²) in [7, 11) is -9.91. The fourth-order valence-corrected chi connectivity index (χ4v) is 13.0. The summed E-state index contributed by atoms with van der Waals surface area (Å²) in [5.74, 6) is 0.158. The molecule has 17 nitrogen and oxygen atoms in total. The van der Waals surface area contributed by atoms with E-state index in [1.54, 1.807) is 0 Å². The van der Waals surface area contributed by atoms with Gasteiger partial charge in [-0.1, -0.05) is 331 Å². The van der Waals surface area contributed by atoms with Crippen molar-refractivity contribution in [3.05, 3.63) is 0 Å². The van der Waals surface area contributed by atoms with Crippen LogP contribution in [0.25, 0.3) is 0 Å². The van der Waals surface area contributed by atoms with E-state index in [1.165, 1.54) is 193 Å². The topological polar surface area (TPSA) is 237 Å². The van der Waals surface area contributed by atoms with Crippen molar-refractivity contribution < 1.29 is 80.2 Å². The van der Waals surface area contributed by atoms with Gasteiger partial charge in [0.25, 0.3) is 0 Å². The molecule has 0 radical (unpaired) electrons. The van der Waals surface area contributed by atoms with E-state index in [2.05, 4.69) is 48.5 Å². The largest absolute Gasteiger partial charge is 0.472 e. The summed E-state index contributed by atoms with van der Waals surface area (Å²) in [5, 5.41) is 10.6. The number of ether oxygens (including phenoxy) is 4. The third-order valence-electron chi connectivity index (χ3n) is 17.7. The summed E-state index contributed by atoms with van der Waals surface area (Å²) in [6.07, 6.45) is 51.3. The zero-order valence-electron chi connectivity index (χ0n) is 61.4. The van der Waals surface area contributed by atoms with E-state index < -0.39 is 97.5 Å².